The minimum Gasteiger partial charge on any atom is -0.494 e. The van der Waals surface area contributed by atoms with E-state index in [9.17, 15) is 8.42 Å². The van der Waals surface area contributed by atoms with Crippen LogP contribution < -0.4 is 14.2 Å². The molecule has 0 saturated heterocycles. The standard InChI is InChI=1S/C18H20N2O5S2/c1-4-23-13-6-7-15(24-5-2)14(10-13)20-27(21,22)18-9-8-17(26-18)16-11-19-12(3)25-16/h6-11,20H,4-5H2,1-3H3. The molecule has 0 unspecified atom stereocenters. The highest BCUT2D eigenvalue weighted by molar-refractivity contribution is 7.94. The Bertz CT molecular complexity index is 1020. The highest BCUT2D eigenvalue weighted by Crippen LogP contribution is 2.35. The number of hydrogen-bond acceptors (Lipinski definition) is 7. The summed E-state index contributed by atoms with van der Waals surface area (Å²) in [6.45, 7) is 6.32. The Labute approximate surface area is 162 Å². The molecule has 1 N–H and O–H groups in total. The van der Waals surface area contributed by atoms with Crippen LogP contribution in [0.5, 0.6) is 11.5 Å². The minimum absolute atomic E-state index is 0.163. The lowest BCUT2D eigenvalue weighted by Crippen LogP contribution is -2.12. The van der Waals surface area contributed by atoms with Crippen LogP contribution >= 0.6 is 11.3 Å². The van der Waals surface area contributed by atoms with Gasteiger partial charge in [0.25, 0.3) is 10.0 Å². The molecule has 3 aromatic rings. The first-order valence-corrected chi connectivity index (χ1v) is 10.7. The monoisotopic (exact) mass is 408 g/mol. The van der Waals surface area contributed by atoms with Crippen LogP contribution in [0.3, 0.4) is 0 Å². The van der Waals surface area contributed by atoms with Gasteiger partial charge in [0.15, 0.2) is 11.7 Å². The van der Waals surface area contributed by atoms with Crippen LogP contribution in [-0.2, 0) is 10.0 Å². The lowest BCUT2D eigenvalue weighted by Gasteiger charge is -2.14. The fourth-order valence-electron chi connectivity index (χ4n) is 2.39. The molecule has 2 heterocycles. The SMILES string of the molecule is CCOc1ccc(OCC)c(NS(=O)(=O)c2ccc(-c3cnc(C)o3)s2)c1. The molecular weight excluding hydrogens is 388 g/mol. The number of thiophene rings is 1. The van der Waals surface area contributed by atoms with Crippen LogP contribution in [0.15, 0.2) is 45.2 Å². The number of anilines is 1. The van der Waals surface area contributed by atoms with Gasteiger partial charge in [-0.2, -0.15) is 0 Å². The maximum absolute atomic E-state index is 12.8. The van der Waals surface area contributed by atoms with Crippen molar-refractivity contribution in [2.75, 3.05) is 17.9 Å². The molecular formula is C18H20N2O5S2. The van der Waals surface area contributed by atoms with Gasteiger partial charge in [-0.25, -0.2) is 13.4 Å². The van der Waals surface area contributed by atoms with Crippen LogP contribution in [0, 0.1) is 6.92 Å². The molecule has 0 spiro atoms. The van der Waals surface area contributed by atoms with E-state index in [-0.39, 0.29) is 4.21 Å². The molecule has 27 heavy (non-hydrogen) atoms. The van der Waals surface area contributed by atoms with E-state index in [1.54, 1.807) is 37.4 Å². The minimum atomic E-state index is -3.80. The molecule has 0 saturated carbocycles. The molecule has 0 radical (unpaired) electrons. The third-order valence-corrected chi connectivity index (χ3v) is 6.47. The fraction of sp³-hybridized carbons (Fsp3) is 0.278. The Kier molecular flexibility index (Phi) is 5.71. The van der Waals surface area contributed by atoms with Crippen molar-refractivity contribution in [2.45, 2.75) is 25.0 Å². The van der Waals surface area contributed by atoms with Gasteiger partial charge in [-0.05, 0) is 38.1 Å². The largest absolute Gasteiger partial charge is 0.494 e. The van der Waals surface area contributed by atoms with Crippen molar-refractivity contribution < 1.29 is 22.3 Å². The van der Waals surface area contributed by atoms with Crippen molar-refractivity contribution in [3.63, 3.8) is 0 Å². The number of ether oxygens (including phenoxy) is 2. The summed E-state index contributed by atoms with van der Waals surface area (Å²) in [5.74, 6) is 2.05. The number of aryl methyl sites for hydroxylation is 1. The number of benzene rings is 1. The second kappa shape index (κ2) is 8.01. The maximum atomic E-state index is 12.8. The lowest BCUT2D eigenvalue weighted by atomic mass is 10.3. The van der Waals surface area contributed by atoms with Crippen LogP contribution in [0.25, 0.3) is 10.6 Å². The first kappa shape index (κ1) is 19.2. The molecule has 0 fully saturated rings. The van der Waals surface area contributed by atoms with Gasteiger partial charge in [0, 0.05) is 13.0 Å². The molecule has 0 bridgehead atoms. The smallest absolute Gasteiger partial charge is 0.271 e. The zero-order valence-electron chi connectivity index (χ0n) is 15.2. The van der Waals surface area contributed by atoms with E-state index in [4.69, 9.17) is 13.9 Å². The molecule has 0 aliphatic carbocycles. The first-order valence-electron chi connectivity index (χ1n) is 8.38. The number of nitrogens with one attached hydrogen (secondary N) is 1. The van der Waals surface area contributed by atoms with E-state index in [1.165, 1.54) is 6.07 Å². The molecule has 144 valence electrons. The van der Waals surface area contributed by atoms with E-state index in [0.29, 0.717) is 46.9 Å². The van der Waals surface area contributed by atoms with Crippen molar-refractivity contribution >= 4 is 27.0 Å². The summed E-state index contributed by atoms with van der Waals surface area (Å²) < 4.78 is 44.9. The second-order valence-electron chi connectivity index (χ2n) is 5.49. The zero-order chi connectivity index (χ0) is 19.4. The Hall–Kier alpha value is -2.52. The summed E-state index contributed by atoms with van der Waals surface area (Å²) in [5, 5.41) is 0. The van der Waals surface area contributed by atoms with Crippen LogP contribution in [0.1, 0.15) is 19.7 Å². The summed E-state index contributed by atoms with van der Waals surface area (Å²) in [6, 6.07) is 8.26. The van der Waals surface area contributed by atoms with Gasteiger partial charge in [0.05, 0.1) is 30.0 Å². The van der Waals surface area contributed by atoms with E-state index in [1.807, 2.05) is 13.8 Å². The number of nitrogens with zero attached hydrogens (tertiary/aromatic N) is 1. The average Bonchev–Trinajstić information content (AvgIpc) is 3.26. The van der Waals surface area contributed by atoms with Gasteiger partial charge in [-0.1, -0.05) is 0 Å². The predicted molar refractivity (Wildman–Crippen MR) is 104 cm³/mol. The number of aromatic nitrogens is 1. The Morgan fingerprint density at radius 3 is 2.59 bits per heavy atom. The summed E-state index contributed by atoms with van der Waals surface area (Å²) in [6.07, 6.45) is 1.57. The summed E-state index contributed by atoms with van der Waals surface area (Å²) in [5.41, 5.74) is 0.327. The van der Waals surface area contributed by atoms with E-state index < -0.39 is 10.0 Å². The normalized spacial score (nSPS) is 11.4. The molecule has 7 nitrogen and oxygen atoms in total. The number of oxazole rings is 1. The van der Waals surface area contributed by atoms with Gasteiger partial charge in [0.2, 0.25) is 0 Å². The summed E-state index contributed by atoms with van der Waals surface area (Å²) in [7, 11) is -3.80. The fourth-order valence-corrected chi connectivity index (χ4v) is 4.71. The maximum Gasteiger partial charge on any atom is 0.271 e. The van der Waals surface area contributed by atoms with E-state index in [2.05, 4.69) is 9.71 Å². The lowest BCUT2D eigenvalue weighted by molar-refractivity contribution is 0.332. The third-order valence-electron chi connectivity index (χ3n) is 3.52. The number of sulfonamides is 1. The van der Waals surface area contributed by atoms with E-state index in [0.717, 1.165) is 11.3 Å². The quantitative estimate of drug-likeness (QED) is 0.597. The highest BCUT2D eigenvalue weighted by atomic mass is 32.2. The number of rotatable bonds is 8. The second-order valence-corrected chi connectivity index (χ2v) is 8.48. The van der Waals surface area contributed by atoms with Gasteiger partial charge >= 0.3 is 0 Å². The molecule has 0 atom stereocenters. The summed E-state index contributed by atoms with van der Waals surface area (Å²) in [4.78, 5) is 4.72. The Balaban J connectivity index is 1.90. The average molecular weight is 409 g/mol. The number of hydrogen-bond donors (Lipinski definition) is 1. The molecule has 2 aromatic heterocycles. The summed E-state index contributed by atoms with van der Waals surface area (Å²) >= 11 is 1.10. The third kappa shape index (κ3) is 4.42. The van der Waals surface area contributed by atoms with Crippen LogP contribution in [0.4, 0.5) is 5.69 Å². The van der Waals surface area contributed by atoms with Crippen molar-refractivity contribution in [3.8, 4) is 22.1 Å². The van der Waals surface area contributed by atoms with Crippen LogP contribution in [0.2, 0.25) is 0 Å². The van der Waals surface area contributed by atoms with Crippen molar-refractivity contribution in [1.82, 2.24) is 4.98 Å². The van der Waals surface area contributed by atoms with Gasteiger partial charge in [-0.3, -0.25) is 4.72 Å². The van der Waals surface area contributed by atoms with Crippen molar-refractivity contribution in [1.29, 1.82) is 0 Å². The predicted octanol–water partition coefficient (Wildman–Crippen LogP) is 4.31. The van der Waals surface area contributed by atoms with Crippen molar-refractivity contribution in [3.05, 3.63) is 42.4 Å². The Morgan fingerprint density at radius 1 is 1.15 bits per heavy atom. The van der Waals surface area contributed by atoms with Gasteiger partial charge in [0.1, 0.15) is 15.7 Å². The molecule has 1 aromatic carbocycles. The topological polar surface area (TPSA) is 90.7 Å². The van der Waals surface area contributed by atoms with E-state index >= 15 is 0 Å². The van der Waals surface area contributed by atoms with Crippen LogP contribution in [-0.4, -0.2) is 26.6 Å². The zero-order valence-corrected chi connectivity index (χ0v) is 16.8. The first-order chi connectivity index (χ1) is 12.9. The van der Waals surface area contributed by atoms with Gasteiger partial charge in [-0.15, -0.1) is 11.3 Å². The molecule has 0 aliphatic rings. The molecule has 9 heteroatoms. The van der Waals surface area contributed by atoms with Gasteiger partial charge < -0.3 is 13.9 Å². The molecule has 0 aliphatic heterocycles. The van der Waals surface area contributed by atoms with Crippen molar-refractivity contribution in [2.24, 2.45) is 0 Å². The molecule has 3 rings (SSSR count). The Morgan fingerprint density at radius 2 is 1.93 bits per heavy atom. The molecule has 0 amide bonds. The highest BCUT2D eigenvalue weighted by Gasteiger charge is 2.21.